The van der Waals surface area contributed by atoms with Crippen molar-refractivity contribution in [1.82, 2.24) is 4.57 Å². The van der Waals surface area contributed by atoms with Crippen molar-refractivity contribution in [2.75, 3.05) is 7.11 Å². The van der Waals surface area contributed by atoms with E-state index in [9.17, 15) is 14.9 Å². The summed E-state index contributed by atoms with van der Waals surface area (Å²) in [6.45, 7) is 0. The van der Waals surface area contributed by atoms with Gasteiger partial charge in [-0.15, -0.1) is 0 Å². The van der Waals surface area contributed by atoms with Gasteiger partial charge in [-0.2, -0.15) is 0 Å². The van der Waals surface area contributed by atoms with Crippen molar-refractivity contribution >= 4 is 11.7 Å². The normalized spacial score (nSPS) is 10.1. The van der Waals surface area contributed by atoms with E-state index < -0.39 is 10.9 Å². The summed E-state index contributed by atoms with van der Waals surface area (Å²) in [5, 5.41) is 11.0. The molecule has 0 bridgehead atoms. The molecule has 92 valence electrons. The smallest absolute Gasteiger partial charge is 0.338 e. The van der Waals surface area contributed by atoms with Gasteiger partial charge in [0, 0.05) is 18.5 Å². The maximum absolute atomic E-state index is 11.3. The van der Waals surface area contributed by atoms with E-state index in [0.29, 0.717) is 5.69 Å². The van der Waals surface area contributed by atoms with E-state index in [1.165, 1.54) is 25.3 Å². The van der Waals surface area contributed by atoms with Crippen LogP contribution in [0.1, 0.15) is 10.4 Å². The number of nitro benzene ring substituents is 1. The highest BCUT2D eigenvalue weighted by Crippen LogP contribution is 2.24. The van der Waals surface area contributed by atoms with E-state index in [1.54, 1.807) is 29.1 Å². The summed E-state index contributed by atoms with van der Waals surface area (Å²) in [4.78, 5) is 21.8. The molecule has 2 aromatic rings. The molecule has 0 atom stereocenters. The van der Waals surface area contributed by atoms with Gasteiger partial charge in [-0.1, -0.05) is 0 Å². The molecule has 6 nitrogen and oxygen atoms in total. The Labute approximate surface area is 103 Å². The van der Waals surface area contributed by atoms with Crippen LogP contribution in [-0.4, -0.2) is 22.6 Å². The van der Waals surface area contributed by atoms with Gasteiger partial charge in [-0.25, -0.2) is 4.79 Å². The molecule has 0 aliphatic rings. The Morgan fingerprint density at radius 2 is 2.00 bits per heavy atom. The van der Waals surface area contributed by atoms with Gasteiger partial charge in [-0.3, -0.25) is 10.1 Å². The fourth-order valence-corrected chi connectivity index (χ4v) is 1.63. The minimum atomic E-state index is -0.600. The Hall–Kier alpha value is -2.63. The first-order valence-corrected chi connectivity index (χ1v) is 5.13. The van der Waals surface area contributed by atoms with Gasteiger partial charge >= 0.3 is 5.97 Å². The van der Waals surface area contributed by atoms with Gasteiger partial charge in [0.2, 0.25) is 0 Å². The lowest BCUT2D eigenvalue weighted by Crippen LogP contribution is -2.04. The summed E-state index contributed by atoms with van der Waals surface area (Å²) in [5.41, 5.74) is 0.409. The van der Waals surface area contributed by atoms with Crippen molar-refractivity contribution in [1.29, 1.82) is 0 Å². The Balaban J connectivity index is 2.55. The van der Waals surface area contributed by atoms with Crippen molar-refractivity contribution in [2.45, 2.75) is 0 Å². The lowest BCUT2D eigenvalue weighted by Gasteiger charge is -2.05. The molecule has 0 radical (unpaired) electrons. The first-order valence-electron chi connectivity index (χ1n) is 5.13. The Morgan fingerprint density at radius 1 is 1.33 bits per heavy atom. The second-order valence-corrected chi connectivity index (χ2v) is 3.54. The average Bonchev–Trinajstić information content (AvgIpc) is 2.90. The van der Waals surface area contributed by atoms with Gasteiger partial charge in [0.1, 0.15) is 5.69 Å². The molecule has 0 unspecified atom stereocenters. The van der Waals surface area contributed by atoms with Crippen LogP contribution >= 0.6 is 0 Å². The SMILES string of the molecule is COC(=O)c1ccc(-n2cccc2)c([N+](=O)[O-])c1. The quantitative estimate of drug-likeness (QED) is 0.472. The highest BCUT2D eigenvalue weighted by Gasteiger charge is 2.18. The molecule has 0 spiro atoms. The van der Waals surface area contributed by atoms with Crippen LogP contribution in [0.2, 0.25) is 0 Å². The van der Waals surface area contributed by atoms with Crippen LogP contribution in [-0.2, 0) is 4.74 Å². The van der Waals surface area contributed by atoms with Gasteiger partial charge in [-0.05, 0) is 24.3 Å². The second kappa shape index (κ2) is 4.70. The number of methoxy groups -OCH3 is 1. The molecular formula is C12H10N2O4. The first-order chi connectivity index (χ1) is 8.63. The number of nitrogens with zero attached hydrogens (tertiary/aromatic N) is 2. The molecule has 0 fully saturated rings. The first kappa shape index (κ1) is 11.8. The number of carbonyl (C=O) groups excluding carboxylic acids is 1. The lowest BCUT2D eigenvalue weighted by molar-refractivity contribution is -0.384. The highest BCUT2D eigenvalue weighted by atomic mass is 16.6. The topological polar surface area (TPSA) is 74.4 Å². The lowest BCUT2D eigenvalue weighted by atomic mass is 10.1. The number of aromatic nitrogens is 1. The zero-order valence-corrected chi connectivity index (χ0v) is 9.57. The second-order valence-electron chi connectivity index (χ2n) is 3.54. The number of nitro groups is 1. The minimum Gasteiger partial charge on any atom is -0.465 e. The number of benzene rings is 1. The van der Waals surface area contributed by atoms with Gasteiger partial charge in [0.25, 0.3) is 5.69 Å². The van der Waals surface area contributed by atoms with Crippen molar-refractivity contribution in [3.63, 3.8) is 0 Å². The summed E-state index contributed by atoms with van der Waals surface area (Å²) in [5.74, 6) is -0.600. The predicted molar refractivity (Wildman–Crippen MR) is 63.8 cm³/mol. The Morgan fingerprint density at radius 3 is 2.56 bits per heavy atom. The third-order valence-corrected chi connectivity index (χ3v) is 2.48. The van der Waals surface area contributed by atoms with Gasteiger partial charge < -0.3 is 9.30 Å². The molecule has 0 aliphatic carbocycles. The van der Waals surface area contributed by atoms with Crippen LogP contribution in [0.15, 0.2) is 42.7 Å². The number of carbonyl (C=O) groups is 1. The standard InChI is InChI=1S/C12H10N2O4/c1-18-12(15)9-4-5-10(11(8-9)14(16)17)13-6-2-3-7-13/h2-8H,1H3. The predicted octanol–water partition coefficient (Wildman–Crippen LogP) is 2.17. The summed E-state index contributed by atoms with van der Waals surface area (Å²) in [6.07, 6.45) is 3.39. The minimum absolute atomic E-state index is 0.144. The van der Waals surface area contributed by atoms with Crippen molar-refractivity contribution < 1.29 is 14.5 Å². The van der Waals surface area contributed by atoms with Gasteiger partial charge in [0.05, 0.1) is 17.6 Å². The molecule has 1 heterocycles. The van der Waals surface area contributed by atoms with Crippen LogP contribution in [0.3, 0.4) is 0 Å². The third-order valence-electron chi connectivity index (χ3n) is 2.48. The summed E-state index contributed by atoms with van der Waals surface area (Å²) < 4.78 is 6.14. The average molecular weight is 246 g/mol. The summed E-state index contributed by atoms with van der Waals surface area (Å²) in [7, 11) is 1.23. The van der Waals surface area contributed by atoms with E-state index in [1.807, 2.05) is 0 Å². The molecule has 0 N–H and O–H groups in total. The Kier molecular flexibility index (Phi) is 3.09. The molecule has 6 heteroatoms. The van der Waals surface area contributed by atoms with Crippen LogP contribution in [0.25, 0.3) is 5.69 Å². The number of hydrogen-bond donors (Lipinski definition) is 0. The molecule has 0 aliphatic heterocycles. The fourth-order valence-electron chi connectivity index (χ4n) is 1.63. The largest absolute Gasteiger partial charge is 0.465 e. The maximum atomic E-state index is 11.3. The van der Waals surface area contributed by atoms with Crippen LogP contribution in [0.4, 0.5) is 5.69 Å². The van der Waals surface area contributed by atoms with E-state index >= 15 is 0 Å². The number of rotatable bonds is 3. The summed E-state index contributed by atoms with van der Waals surface area (Å²) in [6, 6.07) is 7.75. The third kappa shape index (κ3) is 2.08. The van der Waals surface area contributed by atoms with E-state index in [0.717, 1.165) is 0 Å². The Bertz CT molecular complexity index is 590. The zero-order valence-electron chi connectivity index (χ0n) is 9.57. The number of esters is 1. The molecule has 0 saturated carbocycles. The number of hydrogen-bond acceptors (Lipinski definition) is 4. The maximum Gasteiger partial charge on any atom is 0.338 e. The molecule has 0 amide bonds. The van der Waals surface area contributed by atoms with E-state index in [4.69, 9.17) is 0 Å². The van der Waals surface area contributed by atoms with Gasteiger partial charge in [0.15, 0.2) is 0 Å². The monoisotopic (exact) mass is 246 g/mol. The molecular weight excluding hydrogens is 236 g/mol. The van der Waals surface area contributed by atoms with Crippen molar-refractivity contribution in [3.05, 3.63) is 58.4 Å². The van der Waals surface area contributed by atoms with E-state index in [-0.39, 0.29) is 11.3 Å². The van der Waals surface area contributed by atoms with Crippen molar-refractivity contribution in [3.8, 4) is 5.69 Å². The molecule has 0 saturated heterocycles. The highest BCUT2D eigenvalue weighted by molar-refractivity contribution is 5.90. The van der Waals surface area contributed by atoms with Crippen molar-refractivity contribution in [2.24, 2.45) is 0 Å². The zero-order chi connectivity index (χ0) is 13.1. The number of ether oxygens (including phenoxy) is 1. The van der Waals surface area contributed by atoms with Crippen LogP contribution < -0.4 is 0 Å². The molecule has 1 aromatic carbocycles. The molecule has 18 heavy (non-hydrogen) atoms. The summed E-state index contributed by atoms with van der Waals surface area (Å²) >= 11 is 0. The molecule has 1 aromatic heterocycles. The van der Waals surface area contributed by atoms with Crippen LogP contribution in [0.5, 0.6) is 0 Å². The fraction of sp³-hybridized carbons (Fsp3) is 0.0833. The molecule has 2 rings (SSSR count). The van der Waals surface area contributed by atoms with Crippen LogP contribution in [0, 0.1) is 10.1 Å². The van der Waals surface area contributed by atoms with E-state index in [2.05, 4.69) is 4.74 Å².